The number of aryl methyl sites for hydroxylation is 1. The van der Waals surface area contributed by atoms with Crippen molar-refractivity contribution in [1.82, 2.24) is 14.8 Å². The molecular formula is C28H28F3IN5O-. The molecule has 0 radical (unpaired) electrons. The summed E-state index contributed by atoms with van der Waals surface area (Å²) in [7, 11) is 1.95. The van der Waals surface area contributed by atoms with Crippen molar-refractivity contribution in [3.05, 3.63) is 69.6 Å². The van der Waals surface area contributed by atoms with Gasteiger partial charge in [0.05, 0.1) is 5.56 Å². The van der Waals surface area contributed by atoms with Gasteiger partial charge in [-0.3, -0.25) is 0 Å². The van der Waals surface area contributed by atoms with E-state index in [1.807, 2.05) is 23.9 Å². The Balaban J connectivity index is 1.40. The van der Waals surface area contributed by atoms with Crippen LogP contribution in [0, 0.1) is 3.70 Å². The Morgan fingerprint density at radius 1 is 1.00 bits per heavy atom. The van der Waals surface area contributed by atoms with Crippen molar-refractivity contribution in [2.75, 3.05) is 15.6 Å². The van der Waals surface area contributed by atoms with Crippen LogP contribution in [0.2, 0.25) is 0 Å². The summed E-state index contributed by atoms with van der Waals surface area (Å²) in [5, 5.41) is 11.0. The second-order valence-electron chi connectivity index (χ2n) is 9.47. The van der Waals surface area contributed by atoms with Crippen molar-refractivity contribution in [3.63, 3.8) is 0 Å². The molecule has 0 aliphatic heterocycles. The van der Waals surface area contributed by atoms with Crippen LogP contribution in [0.1, 0.15) is 49.3 Å². The number of pyridine rings is 1. The van der Waals surface area contributed by atoms with E-state index in [4.69, 9.17) is 10.1 Å². The van der Waals surface area contributed by atoms with E-state index in [0.717, 1.165) is 56.5 Å². The standard InChI is InChI=1S/C28H28F3IN5O/c1-32-25-24-22(16-23(18-7-4-3-5-8-18)35-26(24)37(2)36-25)17-11-13-20(14-12-17)33-27(38)34-21-10-6-9-19(15-21)28(29,30)31/h6,9-16,18H,3-5,7-8H2,1-2H3,(H2,33,34,38)/q-1. The number of nitrogens with zero attached hydrogens (tertiary/aromatic N) is 3. The molecule has 2 amide bonds. The number of anilines is 2. The average molecular weight is 634 g/mol. The molecule has 0 atom stereocenters. The Kier molecular flexibility index (Phi) is 7.60. The molecule has 0 unspecified atom stereocenters. The summed E-state index contributed by atoms with van der Waals surface area (Å²) in [5.74, 6) is 0.446. The van der Waals surface area contributed by atoms with Crippen LogP contribution in [0.5, 0.6) is 0 Å². The van der Waals surface area contributed by atoms with Crippen molar-refractivity contribution in [3.8, 4) is 11.1 Å². The number of hydrogen-bond acceptors (Lipinski definition) is 3. The van der Waals surface area contributed by atoms with Crippen molar-refractivity contribution in [2.24, 2.45) is 7.05 Å². The summed E-state index contributed by atoms with van der Waals surface area (Å²) in [4.78, 5) is 19.7. The quantitative estimate of drug-likeness (QED) is 0.255. The third-order valence-electron chi connectivity index (χ3n) is 6.87. The number of carbonyl (C=O) groups is 1. The summed E-state index contributed by atoms with van der Waals surface area (Å²) in [6.45, 7) is 0. The van der Waals surface area contributed by atoms with Crippen LogP contribution in [0.25, 0.3) is 22.2 Å². The molecule has 2 aromatic heterocycles. The SMILES string of the molecule is C[I-]c1nn(C)c2nc(C3CCCCC3)cc(-c3ccc(NC(=O)Nc4cccc(C(F)(F)F)c4)cc3)c12. The number of rotatable bonds is 5. The summed E-state index contributed by atoms with van der Waals surface area (Å²) in [6.07, 6.45) is 1.53. The van der Waals surface area contributed by atoms with E-state index in [1.54, 1.807) is 12.1 Å². The van der Waals surface area contributed by atoms with Crippen LogP contribution >= 0.6 is 0 Å². The van der Waals surface area contributed by atoms with Crippen molar-refractivity contribution >= 4 is 28.4 Å². The maximum atomic E-state index is 13.0. The molecule has 4 aromatic rings. The minimum absolute atomic E-state index is 0.0651. The van der Waals surface area contributed by atoms with Crippen molar-refractivity contribution < 1.29 is 39.2 Å². The Morgan fingerprint density at radius 3 is 2.39 bits per heavy atom. The molecule has 1 saturated carbocycles. The topological polar surface area (TPSA) is 71.8 Å². The minimum atomic E-state index is -4.48. The Bertz CT molecular complexity index is 1460. The van der Waals surface area contributed by atoms with Gasteiger partial charge in [0, 0.05) is 0 Å². The van der Waals surface area contributed by atoms with Gasteiger partial charge in [0.15, 0.2) is 0 Å². The maximum absolute atomic E-state index is 13.0. The zero-order valence-electron chi connectivity index (χ0n) is 21.1. The van der Waals surface area contributed by atoms with Gasteiger partial charge in [-0.25, -0.2) is 0 Å². The number of aromatic nitrogens is 3. The van der Waals surface area contributed by atoms with Crippen LogP contribution in [-0.2, 0) is 13.2 Å². The van der Waals surface area contributed by atoms with Crippen LogP contribution in [0.15, 0.2) is 54.6 Å². The molecule has 6 nitrogen and oxygen atoms in total. The van der Waals surface area contributed by atoms with Gasteiger partial charge in [-0.05, 0) is 6.07 Å². The number of nitrogens with one attached hydrogen (secondary N) is 2. The number of carbonyl (C=O) groups excluding carboxylic acids is 1. The first-order valence-corrected chi connectivity index (χ1v) is 15.7. The first-order valence-electron chi connectivity index (χ1n) is 12.5. The monoisotopic (exact) mass is 634 g/mol. The predicted molar refractivity (Wildman–Crippen MR) is 138 cm³/mol. The molecular weight excluding hydrogens is 606 g/mol. The molecule has 10 heteroatoms. The zero-order chi connectivity index (χ0) is 26.9. The Hall–Kier alpha value is -3.15. The number of alkyl halides is 4. The molecule has 38 heavy (non-hydrogen) atoms. The van der Waals surface area contributed by atoms with Crippen molar-refractivity contribution in [2.45, 2.75) is 44.2 Å². The first-order chi connectivity index (χ1) is 18.2. The molecule has 0 saturated heterocycles. The van der Waals surface area contributed by atoms with E-state index in [9.17, 15) is 18.0 Å². The van der Waals surface area contributed by atoms with Gasteiger partial charge in [0.25, 0.3) is 0 Å². The number of urea groups is 1. The molecule has 0 spiro atoms. The van der Waals surface area contributed by atoms with E-state index in [1.165, 1.54) is 31.4 Å². The zero-order valence-corrected chi connectivity index (χ0v) is 23.2. The van der Waals surface area contributed by atoms with Gasteiger partial charge >= 0.3 is 199 Å². The molecule has 0 bridgehead atoms. The van der Waals surface area contributed by atoms with Gasteiger partial charge in [-0.1, -0.05) is 6.07 Å². The number of hydrogen-bond donors (Lipinski definition) is 2. The third-order valence-corrected chi connectivity index (χ3v) is 8.65. The van der Waals surface area contributed by atoms with E-state index in [0.29, 0.717) is 11.6 Å². The normalized spacial score (nSPS) is 14.7. The molecule has 1 aliphatic rings. The van der Waals surface area contributed by atoms with Crippen LogP contribution in [0.4, 0.5) is 29.3 Å². The number of amides is 2. The fourth-order valence-corrected chi connectivity index (χ4v) is 6.60. The van der Waals surface area contributed by atoms with E-state index >= 15 is 0 Å². The molecule has 2 heterocycles. The van der Waals surface area contributed by atoms with Crippen LogP contribution < -0.4 is 31.8 Å². The Labute approximate surface area is 229 Å². The fourth-order valence-electron chi connectivity index (χ4n) is 4.98. The van der Waals surface area contributed by atoms with Gasteiger partial charge in [-0.15, -0.1) is 0 Å². The second kappa shape index (κ2) is 10.9. The van der Waals surface area contributed by atoms with Crippen LogP contribution in [-0.4, -0.2) is 25.7 Å². The third kappa shape index (κ3) is 5.64. The van der Waals surface area contributed by atoms with E-state index < -0.39 is 17.8 Å². The van der Waals surface area contributed by atoms with E-state index in [-0.39, 0.29) is 26.9 Å². The molecule has 5 rings (SSSR count). The molecule has 1 aliphatic carbocycles. The van der Waals surface area contributed by atoms with Crippen LogP contribution in [0.3, 0.4) is 0 Å². The number of halogens is 4. The van der Waals surface area contributed by atoms with Gasteiger partial charge in [0.1, 0.15) is 0 Å². The number of fused-ring (bicyclic) bond motifs is 1. The first kappa shape index (κ1) is 26.5. The van der Waals surface area contributed by atoms with E-state index in [2.05, 4.69) is 21.6 Å². The molecule has 1 fully saturated rings. The second-order valence-corrected chi connectivity index (χ2v) is 11.6. The van der Waals surface area contributed by atoms with Gasteiger partial charge in [-0.2, -0.15) is 13.2 Å². The summed E-state index contributed by atoms with van der Waals surface area (Å²) < 4.78 is 41.9. The Morgan fingerprint density at radius 2 is 1.71 bits per heavy atom. The summed E-state index contributed by atoms with van der Waals surface area (Å²) in [5.41, 5.74) is 3.90. The summed E-state index contributed by atoms with van der Waals surface area (Å²) in [6, 6.07) is 13.6. The number of benzene rings is 2. The molecule has 200 valence electrons. The molecule has 2 aromatic carbocycles. The fraction of sp³-hybridized carbons (Fsp3) is 0.321. The average Bonchev–Trinajstić information content (AvgIpc) is 3.24. The van der Waals surface area contributed by atoms with Gasteiger partial charge in [0.2, 0.25) is 0 Å². The molecule has 2 N–H and O–H groups in total. The van der Waals surface area contributed by atoms with Gasteiger partial charge < -0.3 is 0 Å². The summed E-state index contributed by atoms with van der Waals surface area (Å²) >= 11 is -0.267. The predicted octanol–water partition coefficient (Wildman–Crippen LogP) is 4.23. The van der Waals surface area contributed by atoms with Crippen molar-refractivity contribution in [1.29, 1.82) is 0 Å².